The van der Waals surface area contributed by atoms with Gasteiger partial charge in [-0.1, -0.05) is 19.8 Å². The van der Waals surface area contributed by atoms with Gasteiger partial charge in [0.25, 0.3) is 0 Å². The van der Waals surface area contributed by atoms with Crippen LogP contribution in [0.1, 0.15) is 120 Å². The van der Waals surface area contributed by atoms with E-state index < -0.39 is 17.6 Å². The summed E-state index contributed by atoms with van der Waals surface area (Å²) in [5.74, 6) is -0.962. The number of hydrogen-bond donors (Lipinski definition) is 4. The number of carbonyl (C=O) groups excluding carboxylic acids is 2. The maximum atomic E-state index is 12.8. The molecule has 12 heteroatoms. The minimum atomic E-state index is -1.10. The van der Waals surface area contributed by atoms with Crippen molar-refractivity contribution in [3.63, 3.8) is 0 Å². The van der Waals surface area contributed by atoms with Crippen molar-refractivity contribution in [2.24, 2.45) is 35.6 Å². The van der Waals surface area contributed by atoms with Gasteiger partial charge in [-0.2, -0.15) is 0 Å². The molecule has 4 aliphatic rings. The first-order chi connectivity index (χ1) is 24.4. The molecular weight excluding hydrogens is 654 g/mol. The van der Waals surface area contributed by atoms with Gasteiger partial charge >= 0.3 is 17.6 Å². The normalized spacial score (nSPS) is 33.4. The van der Waals surface area contributed by atoms with Crippen LogP contribution in [-0.2, 0) is 32.6 Å². The van der Waals surface area contributed by atoms with Crippen molar-refractivity contribution >= 4 is 17.8 Å². The Labute approximate surface area is 299 Å². The predicted octanol–water partition coefficient (Wildman–Crippen LogP) is 4.65. The summed E-state index contributed by atoms with van der Waals surface area (Å²) < 4.78 is 12.9. The van der Waals surface area contributed by atoms with E-state index >= 15 is 0 Å². The zero-order chi connectivity index (χ0) is 36.4. The minimum absolute atomic E-state index is 0.0821. The third kappa shape index (κ3) is 7.40. The number of fused-ring (bicyclic) bond motifs is 5. The van der Waals surface area contributed by atoms with E-state index in [9.17, 15) is 34.5 Å². The first kappa shape index (κ1) is 37.3. The van der Waals surface area contributed by atoms with Crippen LogP contribution in [0.2, 0.25) is 0 Å². The van der Waals surface area contributed by atoms with E-state index in [-0.39, 0.29) is 77.6 Å². The van der Waals surface area contributed by atoms with Crippen LogP contribution in [0.15, 0.2) is 40.1 Å². The molecule has 0 radical (unpaired) electrons. The smallest absolute Gasteiger partial charge is 0.335 e. The van der Waals surface area contributed by atoms with Crippen molar-refractivity contribution in [1.29, 1.82) is 0 Å². The van der Waals surface area contributed by atoms with Crippen LogP contribution in [0.4, 0.5) is 0 Å². The molecular formula is C39H55N3O9. The van der Waals surface area contributed by atoms with Gasteiger partial charge in [0.2, 0.25) is 5.91 Å². The van der Waals surface area contributed by atoms with Crippen molar-refractivity contribution in [1.82, 2.24) is 14.9 Å². The van der Waals surface area contributed by atoms with Crippen molar-refractivity contribution < 1.29 is 38.9 Å². The van der Waals surface area contributed by atoms with Crippen molar-refractivity contribution in [3.05, 3.63) is 52.6 Å². The molecule has 2 heterocycles. The highest BCUT2D eigenvalue weighted by atomic mass is 16.5. The van der Waals surface area contributed by atoms with Gasteiger partial charge in [0.05, 0.1) is 23.9 Å². The largest absolute Gasteiger partial charge is 0.480 e. The molecule has 12 nitrogen and oxygen atoms in total. The average Bonchev–Trinajstić information content (AvgIpc) is 3.64. The number of esters is 1. The second-order valence-corrected chi connectivity index (χ2v) is 16.2. The molecule has 0 bridgehead atoms. The number of carboxylic acids is 1. The topological polar surface area (TPSA) is 181 Å². The molecule has 0 saturated heterocycles. The number of ether oxygens (including phenoxy) is 1. The van der Waals surface area contributed by atoms with Crippen LogP contribution in [0.5, 0.6) is 0 Å². The highest BCUT2D eigenvalue weighted by molar-refractivity contribution is 5.83. The van der Waals surface area contributed by atoms with Crippen LogP contribution in [0.25, 0.3) is 0 Å². The Hall–Kier alpha value is -3.51. The van der Waals surface area contributed by atoms with Gasteiger partial charge in [-0.15, -0.1) is 0 Å². The first-order valence-electron chi connectivity index (χ1n) is 19.0. The molecule has 9 atom stereocenters. The number of nitrogens with one attached hydrogen (secondary N) is 1. The summed E-state index contributed by atoms with van der Waals surface area (Å²) in [4.78, 5) is 52.6. The number of aromatic nitrogens is 2. The molecule has 2 aromatic heterocycles. The predicted molar refractivity (Wildman–Crippen MR) is 186 cm³/mol. The summed E-state index contributed by atoms with van der Waals surface area (Å²) in [6, 6.07) is 2.29. The molecule has 51 heavy (non-hydrogen) atoms. The summed E-state index contributed by atoms with van der Waals surface area (Å²) >= 11 is 0. The molecule has 4 aliphatic carbocycles. The SMILES string of the molecule is Cn1cnc(C[C@H](NC(=O)CCCCCCC(=O)O[C@H]2CC[C@@]3(CO)[C@H](CC[C@@H]4[C@@H]3CC[C@]3(C)[C@@H](c5ccc(=O)oc5)CC[C@]43O)C2)C(=O)O)c1. The van der Waals surface area contributed by atoms with Crippen LogP contribution in [0.3, 0.4) is 0 Å². The number of carbonyl (C=O) groups is 3. The molecule has 2 aromatic rings. The average molecular weight is 710 g/mol. The standard InChI is InChI=1S/C39H55N3O9/c1-37-16-14-30-31(39(37,49)18-15-29(37)25-9-12-34(45)50-22-25)11-10-26-19-28(13-17-38(26,30)23-43)51-35(46)8-6-4-3-5-7-33(44)41-32(36(47)48)20-27-21-42(2)24-40-27/h9,12,21-22,24,26,28-32,43,49H,3-8,10-11,13-20,23H2,1-2H3,(H,41,44)(H,47,48)/t26-,28+,29-,30+,31-,32+,37-,38-,39+/m1/s1. The number of rotatable bonds is 14. The van der Waals surface area contributed by atoms with E-state index in [1.54, 1.807) is 30.4 Å². The number of amides is 1. The van der Waals surface area contributed by atoms with Gasteiger partial charge in [0, 0.05) is 50.6 Å². The number of aryl methyl sites for hydroxylation is 1. The fourth-order valence-electron chi connectivity index (χ4n) is 10.9. The third-order valence-electron chi connectivity index (χ3n) is 13.6. The molecule has 4 N–H and O–H groups in total. The Balaban J connectivity index is 0.935. The fourth-order valence-corrected chi connectivity index (χ4v) is 10.9. The van der Waals surface area contributed by atoms with E-state index in [0.717, 1.165) is 63.4 Å². The van der Waals surface area contributed by atoms with Crippen molar-refractivity contribution in [3.8, 4) is 0 Å². The lowest BCUT2D eigenvalue weighted by Gasteiger charge is -2.64. The summed E-state index contributed by atoms with van der Waals surface area (Å²) in [6.07, 6.45) is 15.5. The van der Waals surface area contributed by atoms with Crippen LogP contribution < -0.4 is 10.9 Å². The lowest BCUT2D eigenvalue weighted by atomic mass is 9.43. The highest BCUT2D eigenvalue weighted by Gasteiger charge is 2.68. The lowest BCUT2D eigenvalue weighted by Crippen LogP contribution is -2.63. The maximum Gasteiger partial charge on any atom is 0.335 e. The maximum absolute atomic E-state index is 12.8. The summed E-state index contributed by atoms with van der Waals surface area (Å²) in [7, 11) is 1.80. The van der Waals surface area contributed by atoms with Gasteiger partial charge in [0.1, 0.15) is 12.1 Å². The Morgan fingerprint density at radius 3 is 2.51 bits per heavy atom. The molecule has 6 rings (SSSR count). The molecule has 0 aromatic carbocycles. The van der Waals surface area contributed by atoms with Gasteiger partial charge in [-0.05, 0) is 111 Å². The second kappa shape index (κ2) is 15.2. The Kier molecular flexibility index (Phi) is 11.1. The molecule has 280 valence electrons. The van der Waals surface area contributed by atoms with E-state index in [1.165, 1.54) is 6.07 Å². The Bertz CT molecular complexity index is 1600. The van der Waals surface area contributed by atoms with Gasteiger partial charge in [-0.25, -0.2) is 14.6 Å². The van der Waals surface area contributed by atoms with Gasteiger partial charge in [0.15, 0.2) is 0 Å². The van der Waals surface area contributed by atoms with E-state index in [0.29, 0.717) is 37.8 Å². The number of carboxylic acid groups (broad SMARTS) is 1. The van der Waals surface area contributed by atoms with Crippen molar-refractivity contribution in [2.75, 3.05) is 6.61 Å². The van der Waals surface area contributed by atoms with Crippen LogP contribution >= 0.6 is 0 Å². The molecule has 1 amide bonds. The summed E-state index contributed by atoms with van der Waals surface area (Å²) in [5, 5.41) is 35.6. The van der Waals surface area contributed by atoms with Crippen molar-refractivity contribution in [2.45, 2.75) is 133 Å². The van der Waals surface area contributed by atoms with E-state index in [2.05, 4.69) is 17.2 Å². The van der Waals surface area contributed by atoms with E-state index in [4.69, 9.17) is 9.15 Å². The third-order valence-corrected chi connectivity index (χ3v) is 13.6. The number of aliphatic hydroxyl groups excluding tert-OH is 1. The number of aliphatic hydroxyl groups is 2. The number of imidazole rings is 1. The fraction of sp³-hybridized carbons (Fsp3) is 0.718. The van der Waals surface area contributed by atoms with Crippen LogP contribution in [-0.4, -0.2) is 67.1 Å². The molecule has 0 spiro atoms. The number of aliphatic carboxylic acids is 1. The number of unbranched alkanes of at least 4 members (excludes halogenated alkanes) is 3. The number of nitrogens with zero attached hydrogens (tertiary/aromatic N) is 2. The summed E-state index contributed by atoms with van der Waals surface area (Å²) in [5.41, 5.74) is -0.255. The molecule has 4 fully saturated rings. The minimum Gasteiger partial charge on any atom is -0.480 e. The second-order valence-electron chi connectivity index (χ2n) is 16.2. The quantitative estimate of drug-likeness (QED) is 0.159. The monoisotopic (exact) mass is 709 g/mol. The van der Waals surface area contributed by atoms with Crippen LogP contribution in [0, 0.1) is 28.6 Å². The zero-order valence-electron chi connectivity index (χ0n) is 30.1. The van der Waals surface area contributed by atoms with Gasteiger partial charge in [-0.3, -0.25) is 9.59 Å². The highest BCUT2D eigenvalue weighted by Crippen LogP contribution is 2.70. The molecule has 4 saturated carbocycles. The number of hydrogen-bond acceptors (Lipinski definition) is 9. The van der Waals surface area contributed by atoms with Gasteiger partial charge < -0.3 is 34.4 Å². The lowest BCUT2D eigenvalue weighted by molar-refractivity contribution is -0.219. The molecule has 0 aliphatic heterocycles. The van der Waals surface area contributed by atoms with E-state index in [1.807, 2.05) is 6.07 Å². The summed E-state index contributed by atoms with van der Waals surface area (Å²) in [6.45, 7) is 2.29. The Morgan fingerprint density at radius 2 is 1.82 bits per heavy atom. The first-order valence-corrected chi connectivity index (χ1v) is 19.0. The Morgan fingerprint density at radius 1 is 1.04 bits per heavy atom. The molecule has 0 unspecified atom stereocenters. The zero-order valence-corrected chi connectivity index (χ0v) is 30.1.